The Kier molecular flexibility index (Phi) is 5.39. The van der Waals surface area contributed by atoms with E-state index in [1.54, 1.807) is 29.4 Å². The number of aromatic nitrogens is 2. The molecule has 4 rings (SSSR count). The number of rotatable bonds is 5. The summed E-state index contributed by atoms with van der Waals surface area (Å²) >= 11 is 0. The molecule has 1 saturated heterocycles. The molecule has 7 nitrogen and oxygen atoms in total. The van der Waals surface area contributed by atoms with Crippen LogP contribution in [-0.4, -0.2) is 39.4 Å². The Morgan fingerprint density at radius 3 is 2.73 bits per heavy atom. The van der Waals surface area contributed by atoms with Gasteiger partial charge >= 0.3 is 0 Å². The first-order valence-corrected chi connectivity index (χ1v) is 9.89. The Bertz CT molecular complexity index is 1030. The summed E-state index contributed by atoms with van der Waals surface area (Å²) in [5, 5.41) is 6.93. The zero-order valence-electron chi connectivity index (χ0n) is 16.8. The molecule has 0 saturated carbocycles. The van der Waals surface area contributed by atoms with Crippen LogP contribution in [0, 0.1) is 11.7 Å². The summed E-state index contributed by atoms with van der Waals surface area (Å²) in [7, 11) is 0. The summed E-state index contributed by atoms with van der Waals surface area (Å²) < 4.78 is 18.5. The van der Waals surface area contributed by atoms with Crippen molar-refractivity contribution in [2.75, 3.05) is 6.54 Å². The Balaban J connectivity index is 1.61. The topological polar surface area (TPSA) is 91.2 Å². The number of carbonyl (C=O) groups excluding carboxylic acids is 2. The van der Waals surface area contributed by atoms with Crippen LogP contribution in [0.4, 0.5) is 4.39 Å². The average Bonchev–Trinajstić information content (AvgIpc) is 3.41. The molecular weight excluding hydrogens is 387 g/mol. The van der Waals surface area contributed by atoms with Gasteiger partial charge in [-0.25, -0.2) is 4.39 Å². The first kappa shape index (κ1) is 19.9. The highest BCUT2D eigenvalue weighted by molar-refractivity contribution is 5.97. The number of aromatic amines is 1. The number of hydrogen-bond donors (Lipinski definition) is 2. The third-order valence-corrected chi connectivity index (χ3v) is 5.21. The lowest BCUT2D eigenvalue weighted by Gasteiger charge is -2.39. The monoisotopic (exact) mass is 410 g/mol. The molecule has 0 spiro atoms. The minimum absolute atomic E-state index is 0.116. The molecule has 2 atom stereocenters. The van der Waals surface area contributed by atoms with Crippen LogP contribution in [0.15, 0.2) is 53.3 Å². The van der Waals surface area contributed by atoms with Gasteiger partial charge in [0, 0.05) is 30.6 Å². The van der Waals surface area contributed by atoms with Crippen LogP contribution < -0.4 is 5.32 Å². The van der Waals surface area contributed by atoms with E-state index < -0.39 is 6.04 Å². The second kappa shape index (κ2) is 8.14. The molecule has 1 fully saturated rings. The van der Waals surface area contributed by atoms with Gasteiger partial charge in [-0.15, -0.1) is 0 Å². The maximum atomic E-state index is 13.3. The van der Waals surface area contributed by atoms with E-state index in [9.17, 15) is 14.0 Å². The number of benzene rings is 1. The van der Waals surface area contributed by atoms with Gasteiger partial charge in [0.2, 0.25) is 5.91 Å². The predicted molar refractivity (Wildman–Crippen MR) is 108 cm³/mol. The van der Waals surface area contributed by atoms with Crippen LogP contribution in [0.2, 0.25) is 0 Å². The number of hydrogen-bond acceptors (Lipinski definition) is 4. The fourth-order valence-corrected chi connectivity index (χ4v) is 3.70. The molecule has 1 aromatic carbocycles. The van der Waals surface area contributed by atoms with Crippen molar-refractivity contribution in [2.45, 2.75) is 32.4 Å². The van der Waals surface area contributed by atoms with Gasteiger partial charge in [0.1, 0.15) is 11.9 Å². The van der Waals surface area contributed by atoms with E-state index >= 15 is 0 Å². The molecule has 0 unspecified atom stereocenters. The molecule has 2 aromatic heterocycles. The second-order valence-electron chi connectivity index (χ2n) is 7.89. The van der Waals surface area contributed by atoms with E-state index in [0.717, 1.165) is 5.56 Å². The highest BCUT2D eigenvalue weighted by Crippen LogP contribution is 2.27. The number of piperazine rings is 1. The molecule has 8 heteroatoms. The largest absolute Gasteiger partial charge is 0.367 e. The van der Waals surface area contributed by atoms with Crippen LogP contribution in [0.5, 0.6) is 0 Å². The van der Waals surface area contributed by atoms with Crippen LogP contribution in [0.1, 0.15) is 42.4 Å². The van der Waals surface area contributed by atoms with Crippen LogP contribution in [0.25, 0.3) is 11.3 Å². The summed E-state index contributed by atoms with van der Waals surface area (Å²) in [6.07, 6.45) is 4.12. The molecular formula is C22H23FN4O3. The minimum atomic E-state index is -0.585. The third-order valence-electron chi connectivity index (χ3n) is 5.21. The summed E-state index contributed by atoms with van der Waals surface area (Å²) in [6.45, 7) is 4.35. The Morgan fingerprint density at radius 2 is 2.07 bits per heavy atom. The van der Waals surface area contributed by atoms with E-state index in [2.05, 4.69) is 15.5 Å². The van der Waals surface area contributed by atoms with Crippen molar-refractivity contribution in [1.82, 2.24) is 20.4 Å². The van der Waals surface area contributed by atoms with Crippen molar-refractivity contribution in [2.24, 2.45) is 5.92 Å². The lowest BCUT2D eigenvalue weighted by Crippen LogP contribution is -2.58. The van der Waals surface area contributed by atoms with Gasteiger partial charge in [-0.05, 0) is 48.2 Å². The molecule has 0 aliphatic carbocycles. The molecule has 3 aromatic rings. The van der Waals surface area contributed by atoms with Gasteiger partial charge in [0.05, 0.1) is 6.04 Å². The van der Waals surface area contributed by atoms with Crippen molar-refractivity contribution in [3.05, 3.63) is 65.9 Å². The highest BCUT2D eigenvalue weighted by Gasteiger charge is 2.39. The van der Waals surface area contributed by atoms with E-state index in [1.807, 2.05) is 19.9 Å². The summed E-state index contributed by atoms with van der Waals surface area (Å²) in [5.74, 6) is -0.319. The molecule has 2 N–H and O–H groups in total. The highest BCUT2D eigenvalue weighted by atomic mass is 19.1. The standard InChI is InChI=1S/C22H23FN4O3/c1-13(2)9-19-21(28)25-18(15-7-8-24-11-15)12-27(19)22(29)17-10-20(30-26-17)14-3-5-16(23)6-4-14/h3-8,10-11,13,18-19,24H,9,12H2,1-2H3,(H,25,28)/t18-,19+/m1/s1. The Hall–Kier alpha value is -3.42. The lowest BCUT2D eigenvalue weighted by atomic mass is 9.96. The maximum Gasteiger partial charge on any atom is 0.276 e. The second-order valence-corrected chi connectivity index (χ2v) is 7.89. The van der Waals surface area contributed by atoms with Crippen LogP contribution in [-0.2, 0) is 4.79 Å². The molecule has 30 heavy (non-hydrogen) atoms. The van der Waals surface area contributed by atoms with E-state index in [-0.39, 0.29) is 35.3 Å². The molecule has 156 valence electrons. The first-order valence-electron chi connectivity index (χ1n) is 9.89. The predicted octanol–water partition coefficient (Wildman–Crippen LogP) is 3.54. The van der Waals surface area contributed by atoms with Gasteiger partial charge < -0.3 is 19.7 Å². The van der Waals surface area contributed by atoms with Crippen molar-refractivity contribution in [3.63, 3.8) is 0 Å². The Morgan fingerprint density at radius 1 is 1.30 bits per heavy atom. The maximum absolute atomic E-state index is 13.3. The quantitative estimate of drug-likeness (QED) is 0.673. The number of carbonyl (C=O) groups is 2. The zero-order valence-corrected chi connectivity index (χ0v) is 16.8. The van der Waals surface area contributed by atoms with Crippen LogP contribution in [0.3, 0.4) is 0 Å². The Labute approximate surface area is 173 Å². The smallest absolute Gasteiger partial charge is 0.276 e. The number of halogens is 1. The zero-order chi connectivity index (χ0) is 21.3. The normalized spacial score (nSPS) is 19.2. The van der Waals surface area contributed by atoms with Gasteiger partial charge in [0.25, 0.3) is 5.91 Å². The number of nitrogens with zero attached hydrogens (tertiary/aromatic N) is 2. The van der Waals surface area contributed by atoms with Gasteiger partial charge in [-0.2, -0.15) is 0 Å². The number of H-pyrrole nitrogens is 1. The summed E-state index contributed by atoms with van der Waals surface area (Å²) in [5.41, 5.74) is 1.63. The van der Waals surface area contributed by atoms with Crippen molar-refractivity contribution < 1.29 is 18.5 Å². The SMILES string of the molecule is CC(C)C[C@H]1C(=O)N[C@@H](c2cc[nH]c2)CN1C(=O)c1cc(-c2ccc(F)cc2)on1. The van der Waals surface area contributed by atoms with Gasteiger partial charge in [-0.1, -0.05) is 19.0 Å². The molecule has 2 amide bonds. The van der Waals surface area contributed by atoms with Crippen LogP contribution >= 0.6 is 0 Å². The van der Waals surface area contributed by atoms with Gasteiger partial charge in [-0.3, -0.25) is 9.59 Å². The summed E-state index contributed by atoms with van der Waals surface area (Å²) in [4.78, 5) is 30.7. The minimum Gasteiger partial charge on any atom is -0.367 e. The first-order chi connectivity index (χ1) is 14.4. The third kappa shape index (κ3) is 3.98. The fraction of sp³-hybridized carbons (Fsp3) is 0.318. The van der Waals surface area contributed by atoms with E-state index in [4.69, 9.17) is 4.52 Å². The average molecular weight is 410 g/mol. The number of amides is 2. The van der Waals surface area contributed by atoms with E-state index in [1.165, 1.54) is 18.2 Å². The van der Waals surface area contributed by atoms with Crippen molar-refractivity contribution >= 4 is 11.8 Å². The molecule has 3 heterocycles. The molecule has 0 radical (unpaired) electrons. The molecule has 1 aliphatic rings. The van der Waals surface area contributed by atoms with Crippen molar-refractivity contribution in [3.8, 4) is 11.3 Å². The lowest BCUT2D eigenvalue weighted by molar-refractivity contribution is -0.130. The van der Waals surface area contributed by atoms with E-state index in [0.29, 0.717) is 24.3 Å². The van der Waals surface area contributed by atoms with Crippen molar-refractivity contribution in [1.29, 1.82) is 0 Å². The summed E-state index contributed by atoms with van der Waals surface area (Å²) in [6, 6.07) is 8.25. The molecule has 0 bridgehead atoms. The number of nitrogens with one attached hydrogen (secondary N) is 2. The fourth-order valence-electron chi connectivity index (χ4n) is 3.70. The molecule has 1 aliphatic heterocycles. The van der Waals surface area contributed by atoms with Gasteiger partial charge in [0.15, 0.2) is 11.5 Å².